The Balaban J connectivity index is 1.23. The van der Waals surface area contributed by atoms with Gasteiger partial charge in [0.15, 0.2) is 5.78 Å². The lowest BCUT2D eigenvalue weighted by atomic mass is 9.97. The third kappa shape index (κ3) is 5.45. The van der Waals surface area contributed by atoms with Gasteiger partial charge >= 0.3 is 0 Å². The van der Waals surface area contributed by atoms with E-state index in [0.717, 1.165) is 18.6 Å². The molecule has 1 fully saturated rings. The maximum Gasteiger partial charge on any atom is 0.243 e. The third-order valence-corrected chi connectivity index (χ3v) is 8.34. The number of nitrogens with one attached hydrogen (secondary N) is 1. The number of amides is 1. The summed E-state index contributed by atoms with van der Waals surface area (Å²) in [5, 5.41) is 2.91. The van der Waals surface area contributed by atoms with Crippen molar-refractivity contribution in [2.45, 2.75) is 43.9 Å². The van der Waals surface area contributed by atoms with Crippen molar-refractivity contribution >= 4 is 21.7 Å². The Kier molecular flexibility index (Phi) is 7.14. The minimum atomic E-state index is -3.69. The molecule has 1 amide bonds. The Morgan fingerprint density at radius 1 is 1.06 bits per heavy atom. The molecule has 176 valence electrons. The molecule has 1 N–H and O–H groups in total. The molecule has 0 spiro atoms. The van der Waals surface area contributed by atoms with Crippen LogP contribution in [0, 0.1) is 5.92 Å². The van der Waals surface area contributed by atoms with Gasteiger partial charge in [-0.1, -0.05) is 18.2 Å². The molecule has 0 radical (unpaired) electrons. The minimum Gasteiger partial charge on any atom is -0.492 e. The van der Waals surface area contributed by atoms with Crippen LogP contribution in [-0.4, -0.2) is 50.7 Å². The van der Waals surface area contributed by atoms with Gasteiger partial charge in [0, 0.05) is 24.6 Å². The van der Waals surface area contributed by atoms with E-state index in [1.54, 1.807) is 12.1 Å². The Morgan fingerprint density at radius 3 is 2.58 bits per heavy atom. The van der Waals surface area contributed by atoms with Crippen LogP contribution in [0.4, 0.5) is 0 Å². The van der Waals surface area contributed by atoms with Gasteiger partial charge in [-0.3, -0.25) is 9.59 Å². The molecule has 1 aliphatic carbocycles. The highest BCUT2D eigenvalue weighted by atomic mass is 32.2. The van der Waals surface area contributed by atoms with Crippen LogP contribution < -0.4 is 10.1 Å². The van der Waals surface area contributed by atoms with Gasteiger partial charge in [-0.05, 0) is 74.4 Å². The number of rotatable bonds is 8. The van der Waals surface area contributed by atoms with Gasteiger partial charge in [0.1, 0.15) is 12.4 Å². The molecule has 1 aliphatic heterocycles. The van der Waals surface area contributed by atoms with Crippen molar-refractivity contribution in [2.75, 3.05) is 26.2 Å². The summed E-state index contributed by atoms with van der Waals surface area (Å²) in [6, 6.07) is 12.3. The maximum absolute atomic E-state index is 13.0. The molecule has 0 unspecified atom stereocenters. The molecule has 0 saturated carbocycles. The number of ether oxygens (including phenoxy) is 1. The number of Topliss-reactive ketones (excluding diaryl/α,β-unsaturated/α-hetero) is 1. The average Bonchev–Trinajstić information content (AvgIpc) is 3.30. The molecular formula is C25H30N2O5S. The predicted molar refractivity (Wildman–Crippen MR) is 125 cm³/mol. The number of aryl methyl sites for hydroxylation is 2. The lowest BCUT2D eigenvalue weighted by Gasteiger charge is -2.30. The molecule has 2 aliphatic rings. The summed E-state index contributed by atoms with van der Waals surface area (Å²) in [7, 11) is -3.69. The zero-order chi connectivity index (χ0) is 23.4. The van der Waals surface area contributed by atoms with Crippen molar-refractivity contribution in [1.29, 1.82) is 0 Å². The molecular weight excluding hydrogens is 440 g/mol. The first kappa shape index (κ1) is 23.4. The van der Waals surface area contributed by atoms with Crippen LogP contribution in [0.5, 0.6) is 5.75 Å². The summed E-state index contributed by atoms with van der Waals surface area (Å²) in [6.07, 6.45) is 4.35. The summed E-state index contributed by atoms with van der Waals surface area (Å²) in [4.78, 5) is 24.2. The second kappa shape index (κ2) is 10.1. The molecule has 0 aromatic heterocycles. The third-order valence-electron chi connectivity index (χ3n) is 6.44. The summed E-state index contributed by atoms with van der Waals surface area (Å²) in [6.45, 7) is 2.76. The smallest absolute Gasteiger partial charge is 0.243 e. The second-order valence-electron chi connectivity index (χ2n) is 8.69. The van der Waals surface area contributed by atoms with Crippen molar-refractivity contribution in [2.24, 2.45) is 5.92 Å². The van der Waals surface area contributed by atoms with Crippen LogP contribution in [0.15, 0.2) is 47.4 Å². The van der Waals surface area contributed by atoms with Crippen LogP contribution in [0.3, 0.4) is 0 Å². The number of carbonyl (C=O) groups excluding carboxylic acids is 2. The van der Waals surface area contributed by atoms with Gasteiger partial charge in [0.25, 0.3) is 0 Å². The van der Waals surface area contributed by atoms with Gasteiger partial charge < -0.3 is 10.1 Å². The van der Waals surface area contributed by atoms with Crippen LogP contribution in [0.2, 0.25) is 0 Å². The van der Waals surface area contributed by atoms with Crippen LogP contribution in [0.25, 0.3) is 0 Å². The fraction of sp³-hybridized carbons (Fsp3) is 0.440. The summed E-state index contributed by atoms with van der Waals surface area (Å²) in [5.41, 5.74) is 3.12. The number of nitrogens with zero attached hydrogens (tertiary/aromatic N) is 1. The van der Waals surface area contributed by atoms with Crippen LogP contribution >= 0.6 is 0 Å². The first-order chi connectivity index (χ1) is 15.8. The molecule has 1 saturated heterocycles. The van der Waals surface area contributed by atoms with E-state index in [9.17, 15) is 18.0 Å². The van der Waals surface area contributed by atoms with E-state index in [1.165, 1.54) is 40.9 Å². The first-order valence-corrected chi connectivity index (χ1v) is 12.9. The molecule has 0 bridgehead atoms. The number of hydrogen-bond donors (Lipinski definition) is 1. The van der Waals surface area contributed by atoms with Gasteiger partial charge in [-0.15, -0.1) is 0 Å². The Labute approximate surface area is 195 Å². The van der Waals surface area contributed by atoms with Crippen molar-refractivity contribution in [1.82, 2.24) is 9.62 Å². The lowest BCUT2D eigenvalue weighted by Crippen LogP contribution is -2.43. The number of benzene rings is 2. The monoisotopic (exact) mass is 470 g/mol. The minimum absolute atomic E-state index is 0.0665. The number of ketones is 1. The van der Waals surface area contributed by atoms with Crippen molar-refractivity contribution < 1.29 is 22.7 Å². The predicted octanol–water partition coefficient (Wildman–Crippen LogP) is 2.97. The molecule has 8 heteroatoms. The highest BCUT2D eigenvalue weighted by molar-refractivity contribution is 7.89. The standard InChI is InChI=1S/C25H30N2O5S/c1-18(28)21-5-3-7-24(17-21)33(30,31)27-13-10-20(11-14-27)25(29)26-12-15-32-23-9-8-19-4-2-6-22(19)16-23/h3,5,7-9,16-17,20H,2,4,6,10-15H2,1H3,(H,26,29). The zero-order valence-electron chi connectivity index (χ0n) is 18.9. The normalized spacial score (nSPS) is 16.9. The highest BCUT2D eigenvalue weighted by Crippen LogP contribution is 2.26. The van der Waals surface area contributed by atoms with Crippen molar-refractivity contribution in [3.63, 3.8) is 0 Å². The SMILES string of the molecule is CC(=O)c1cccc(S(=O)(=O)N2CCC(C(=O)NCCOc3ccc4c(c3)CCC4)CC2)c1. The molecule has 4 rings (SSSR count). The van der Waals surface area contributed by atoms with E-state index >= 15 is 0 Å². The average molecular weight is 471 g/mol. The van der Waals surface area contributed by atoms with Crippen LogP contribution in [-0.2, 0) is 27.7 Å². The van der Waals surface area contributed by atoms with Crippen molar-refractivity contribution in [3.05, 3.63) is 59.2 Å². The highest BCUT2D eigenvalue weighted by Gasteiger charge is 2.32. The number of hydrogen-bond acceptors (Lipinski definition) is 5. The van der Waals surface area contributed by atoms with Crippen LogP contribution in [0.1, 0.15) is 47.7 Å². The van der Waals surface area contributed by atoms with Gasteiger partial charge in [-0.25, -0.2) is 8.42 Å². The Bertz CT molecular complexity index is 1140. The van der Waals surface area contributed by atoms with E-state index in [1.807, 2.05) is 6.07 Å². The fourth-order valence-corrected chi connectivity index (χ4v) is 6.02. The molecule has 7 nitrogen and oxygen atoms in total. The van der Waals surface area contributed by atoms with E-state index in [0.29, 0.717) is 31.6 Å². The van der Waals surface area contributed by atoms with E-state index in [2.05, 4.69) is 17.4 Å². The number of fused-ring (bicyclic) bond motifs is 1. The van der Waals surface area contributed by atoms with E-state index in [-0.39, 0.29) is 35.6 Å². The molecule has 2 aromatic rings. The van der Waals surface area contributed by atoms with Gasteiger partial charge in [-0.2, -0.15) is 4.31 Å². The Morgan fingerprint density at radius 2 is 1.82 bits per heavy atom. The molecule has 2 aromatic carbocycles. The summed E-state index contributed by atoms with van der Waals surface area (Å²) in [5.74, 6) is 0.364. The molecule has 0 atom stereocenters. The number of carbonyl (C=O) groups is 2. The fourth-order valence-electron chi connectivity index (χ4n) is 4.51. The zero-order valence-corrected chi connectivity index (χ0v) is 19.7. The summed E-state index contributed by atoms with van der Waals surface area (Å²) >= 11 is 0. The lowest BCUT2D eigenvalue weighted by molar-refractivity contribution is -0.126. The maximum atomic E-state index is 13.0. The largest absolute Gasteiger partial charge is 0.492 e. The number of piperidine rings is 1. The van der Waals surface area contributed by atoms with Gasteiger partial charge in [0.2, 0.25) is 15.9 Å². The molecule has 1 heterocycles. The van der Waals surface area contributed by atoms with E-state index in [4.69, 9.17) is 4.74 Å². The van der Waals surface area contributed by atoms with Gasteiger partial charge in [0.05, 0.1) is 11.4 Å². The number of sulfonamides is 1. The van der Waals surface area contributed by atoms with E-state index < -0.39 is 10.0 Å². The Hall–Kier alpha value is -2.71. The first-order valence-electron chi connectivity index (χ1n) is 11.5. The molecule has 33 heavy (non-hydrogen) atoms. The topological polar surface area (TPSA) is 92.8 Å². The summed E-state index contributed by atoms with van der Waals surface area (Å²) < 4.78 is 33.1. The quantitative estimate of drug-likeness (QED) is 0.473. The second-order valence-corrected chi connectivity index (χ2v) is 10.6. The van der Waals surface area contributed by atoms with Crippen molar-refractivity contribution in [3.8, 4) is 5.75 Å².